The average Bonchev–Trinajstić information content (AvgIpc) is 3.32. The van der Waals surface area contributed by atoms with Crippen molar-refractivity contribution in [1.29, 1.82) is 0 Å². The van der Waals surface area contributed by atoms with Gasteiger partial charge in [0.15, 0.2) is 0 Å². The van der Waals surface area contributed by atoms with Crippen molar-refractivity contribution in [3.8, 4) is 9.88 Å². The molecule has 140 valence electrons. The Labute approximate surface area is 165 Å². The Hall–Kier alpha value is -2.33. The van der Waals surface area contributed by atoms with E-state index >= 15 is 0 Å². The van der Waals surface area contributed by atoms with Gasteiger partial charge in [-0.2, -0.15) is 0 Å². The van der Waals surface area contributed by atoms with Gasteiger partial charge in [-0.05, 0) is 29.1 Å². The third kappa shape index (κ3) is 5.33. The van der Waals surface area contributed by atoms with E-state index in [-0.39, 0.29) is 18.2 Å². The van der Waals surface area contributed by atoms with Crippen LogP contribution in [0.5, 0.6) is 0 Å². The lowest BCUT2D eigenvalue weighted by Crippen LogP contribution is -2.25. The summed E-state index contributed by atoms with van der Waals surface area (Å²) < 4.78 is 26.2. The van der Waals surface area contributed by atoms with Gasteiger partial charge in [0, 0.05) is 17.6 Å². The van der Waals surface area contributed by atoms with Gasteiger partial charge < -0.3 is 5.32 Å². The Balaban J connectivity index is 1.63. The summed E-state index contributed by atoms with van der Waals surface area (Å²) in [6.07, 6.45) is 1.48. The van der Waals surface area contributed by atoms with Crippen molar-refractivity contribution in [1.82, 2.24) is 9.71 Å². The second-order valence-corrected chi connectivity index (χ2v) is 9.18. The van der Waals surface area contributed by atoms with Crippen molar-refractivity contribution in [2.75, 3.05) is 11.9 Å². The maximum Gasteiger partial charge on any atom is 0.275 e. The largest absolute Gasteiger partial charge is 0.321 e. The highest BCUT2D eigenvalue weighted by Gasteiger charge is 2.13. The van der Waals surface area contributed by atoms with Crippen LogP contribution in [0.15, 0.2) is 59.8 Å². The first-order chi connectivity index (χ1) is 13.0. The summed E-state index contributed by atoms with van der Waals surface area (Å²) >= 11 is 2.99. The first-order valence-electron chi connectivity index (χ1n) is 7.95. The molecule has 0 radical (unpaired) electrons. The molecule has 2 heterocycles. The molecule has 0 saturated heterocycles. The fraction of sp³-hybridized carbons (Fsp3) is 0.111. The number of carbonyl (C=O) groups excluding carboxylic acids is 1. The van der Waals surface area contributed by atoms with Gasteiger partial charge in [0.2, 0.25) is 10.0 Å². The molecular weight excluding hydrogens is 402 g/mol. The topological polar surface area (TPSA) is 88.2 Å². The molecule has 0 spiro atoms. The Kier molecular flexibility index (Phi) is 6.17. The van der Waals surface area contributed by atoms with Crippen molar-refractivity contribution in [2.24, 2.45) is 0 Å². The molecule has 1 amide bonds. The fourth-order valence-corrected chi connectivity index (χ4v) is 4.95. The summed E-state index contributed by atoms with van der Waals surface area (Å²) in [5.41, 5.74) is 1.55. The predicted molar refractivity (Wildman–Crippen MR) is 111 cm³/mol. The molecule has 0 bridgehead atoms. The van der Waals surface area contributed by atoms with E-state index in [0.717, 1.165) is 9.88 Å². The quantitative estimate of drug-likeness (QED) is 0.545. The Morgan fingerprint density at radius 2 is 1.96 bits per heavy atom. The zero-order valence-electron chi connectivity index (χ0n) is 14.2. The number of benzene rings is 1. The molecule has 3 aromatic rings. The maximum atomic E-state index is 12.4. The minimum absolute atomic E-state index is 0.134. The molecule has 1 aromatic carbocycles. The van der Waals surface area contributed by atoms with Crippen LogP contribution in [0.1, 0.15) is 16.1 Å². The summed E-state index contributed by atoms with van der Waals surface area (Å²) in [4.78, 5) is 17.7. The smallest absolute Gasteiger partial charge is 0.275 e. The van der Waals surface area contributed by atoms with E-state index in [9.17, 15) is 13.2 Å². The van der Waals surface area contributed by atoms with Gasteiger partial charge in [-0.25, -0.2) is 18.1 Å². The summed E-state index contributed by atoms with van der Waals surface area (Å²) in [5, 5.41) is 7.26. The lowest BCUT2D eigenvalue weighted by atomic mass is 10.2. The number of thiophene rings is 1. The van der Waals surface area contributed by atoms with Crippen molar-refractivity contribution >= 4 is 44.3 Å². The minimum atomic E-state index is -3.41. The number of anilines is 1. The number of aromatic nitrogens is 1. The second-order valence-electron chi connectivity index (χ2n) is 5.56. The molecule has 27 heavy (non-hydrogen) atoms. The standard InChI is InChI=1S/C18H17N3O3S3/c1-2-9-19-27(23,24)12-13-5-7-14(8-6-13)20-17(22)15-11-26-18(21-15)16-4-3-10-25-16/h2-8,10-11,19H,1,9,12H2,(H,20,22). The summed E-state index contributed by atoms with van der Waals surface area (Å²) in [6.45, 7) is 3.67. The van der Waals surface area contributed by atoms with Crippen LogP contribution in [0, 0.1) is 0 Å². The molecule has 0 aliphatic rings. The first kappa shape index (κ1) is 19.4. The van der Waals surface area contributed by atoms with E-state index in [1.807, 2.05) is 17.5 Å². The molecule has 0 aliphatic heterocycles. The van der Waals surface area contributed by atoms with Gasteiger partial charge in [0.25, 0.3) is 5.91 Å². The Bertz CT molecular complexity index is 1020. The summed E-state index contributed by atoms with van der Waals surface area (Å²) in [7, 11) is -3.41. The van der Waals surface area contributed by atoms with E-state index in [1.54, 1.807) is 41.0 Å². The number of rotatable bonds is 8. The van der Waals surface area contributed by atoms with Gasteiger partial charge in [-0.15, -0.1) is 29.3 Å². The molecular formula is C18H17N3O3S3. The molecule has 0 unspecified atom stereocenters. The molecule has 2 N–H and O–H groups in total. The molecule has 0 aliphatic carbocycles. The Morgan fingerprint density at radius 1 is 1.19 bits per heavy atom. The number of hydrogen-bond donors (Lipinski definition) is 2. The predicted octanol–water partition coefficient (Wildman–Crippen LogP) is 3.73. The van der Waals surface area contributed by atoms with Crippen molar-refractivity contribution in [3.05, 3.63) is 71.1 Å². The lowest BCUT2D eigenvalue weighted by Gasteiger charge is -2.07. The van der Waals surface area contributed by atoms with Crippen LogP contribution >= 0.6 is 22.7 Å². The van der Waals surface area contributed by atoms with E-state index in [0.29, 0.717) is 16.9 Å². The van der Waals surface area contributed by atoms with Gasteiger partial charge in [-0.3, -0.25) is 4.79 Å². The monoisotopic (exact) mass is 419 g/mol. The highest BCUT2D eigenvalue weighted by atomic mass is 32.2. The third-order valence-electron chi connectivity index (χ3n) is 3.48. The molecule has 6 nitrogen and oxygen atoms in total. The maximum absolute atomic E-state index is 12.4. The number of nitrogens with zero attached hydrogens (tertiary/aromatic N) is 1. The third-order valence-corrected chi connectivity index (χ3v) is 6.69. The van der Waals surface area contributed by atoms with Gasteiger partial charge in [0.05, 0.1) is 10.6 Å². The van der Waals surface area contributed by atoms with Gasteiger partial charge in [0.1, 0.15) is 10.7 Å². The molecule has 2 aromatic heterocycles. The van der Waals surface area contributed by atoms with Crippen LogP contribution in [0.2, 0.25) is 0 Å². The van der Waals surface area contributed by atoms with E-state index in [1.165, 1.54) is 17.4 Å². The first-order valence-corrected chi connectivity index (χ1v) is 11.4. The Morgan fingerprint density at radius 3 is 2.63 bits per heavy atom. The summed E-state index contributed by atoms with van der Waals surface area (Å²) in [5.74, 6) is -0.437. The fourth-order valence-electron chi connectivity index (χ4n) is 2.23. The van der Waals surface area contributed by atoms with Crippen LogP contribution in [0.3, 0.4) is 0 Å². The lowest BCUT2D eigenvalue weighted by molar-refractivity contribution is 0.102. The van der Waals surface area contributed by atoms with Gasteiger partial charge >= 0.3 is 0 Å². The van der Waals surface area contributed by atoms with Crippen molar-refractivity contribution < 1.29 is 13.2 Å². The molecule has 9 heteroatoms. The van der Waals surface area contributed by atoms with Crippen LogP contribution in [0.25, 0.3) is 9.88 Å². The molecule has 0 fully saturated rings. The number of thiazole rings is 1. The SMILES string of the molecule is C=CCNS(=O)(=O)Cc1ccc(NC(=O)c2csc(-c3cccs3)n2)cc1. The number of carbonyl (C=O) groups is 1. The van der Waals surface area contributed by atoms with E-state index in [2.05, 4.69) is 21.6 Å². The average molecular weight is 420 g/mol. The zero-order valence-corrected chi connectivity index (χ0v) is 16.7. The van der Waals surface area contributed by atoms with Crippen LogP contribution < -0.4 is 10.0 Å². The number of nitrogens with one attached hydrogen (secondary N) is 2. The number of sulfonamides is 1. The second kappa shape index (κ2) is 8.57. The van der Waals surface area contributed by atoms with Crippen LogP contribution in [-0.4, -0.2) is 25.9 Å². The van der Waals surface area contributed by atoms with Crippen molar-refractivity contribution in [3.63, 3.8) is 0 Å². The van der Waals surface area contributed by atoms with Crippen LogP contribution in [-0.2, 0) is 15.8 Å². The van der Waals surface area contributed by atoms with Gasteiger partial charge in [-0.1, -0.05) is 24.3 Å². The molecule has 0 atom stereocenters. The summed E-state index contributed by atoms with van der Waals surface area (Å²) in [6, 6.07) is 10.6. The van der Waals surface area contributed by atoms with Crippen LogP contribution in [0.4, 0.5) is 5.69 Å². The van der Waals surface area contributed by atoms with E-state index in [4.69, 9.17) is 0 Å². The van der Waals surface area contributed by atoms with E-state index < -0.39 is 10.0 Å². The zero-order chi connectivity index (χ0) is 19.3. The minimum Gasteiger partial charge on any atom is -0.321 e. The number of hydrogen-bond acceptors (Lipinski definition) is 6. The molecule has 0 saturated carbocycles. The highest BCUT2D eigenvalue weighted by Crippen LogP contribution is 2.28. The normalized spacial score (nSPS) is 11.3. The van der Waals surface area contributed by atoms with Crippen molar-refractivity contribution in [2.45, 2.75) is 5.75 Å². The highest BCUT2D eigenvalue weighted by molar-refractivity contribution is 7.88. The number of amides is 1. The molecule has 3 rings (SSSR count).